The Morgan fingerprint density at radius 3 is 2.58 bits per heavy atom. The van der Waals surface area contributed by atoms with E-state index < -0.39 is 5.91 Å². The number of H-pyrrole nitrogens is 1. The molecule has 2 N–H and O–H groups in total. The molecule has 0 spiro atoms. The first kappa shape index (κ1) is 21.3. The molecule has 1 amide bonds. The van der Waals surface area contributed by atoms with Crippen LogP contribution in [0.4, 0.5) is 0 Å². The van der Waals surface area contributed by atoms with Crippen molar-refractivity contribution in [1.82, 2.24) is 30.4 Å². The van der Waals surface area contributed by atoms with Gasteiger partial charge in [0.2, 0.25) is 12.6 Å². The lowest BCUT2D eigenvalue weighted by atomic mass is 10.1. The molecule has 6 rings (SSSR count). The van der Waals surface area contributed by atoms with Crippen LogP contribution in [0.3, 0.4) is 0 Å². The van der Waals surface area contributed by atoms with Crippen LogP contribution in [0.2, 0.25) is 0 Å². The molecule has 176 valence electrons. The fourth-order valence-corrected chi connectivity index (χ4v) is 3.82. The van der Waals surface area contributed by atoms with E-state index >= 15 is 0 Å². The van der Waals surface area contributed by atoms with Crippen molar-refractivity contribution >= 4 is 12.1 Å². The molecular formula is C26H19N7O3. The highest BCUT2D eigenvalue weighted by atomic mass is 16.7. The zero-order valence-electron chi connectivity index (χ0n) is 18.8. The second-order valence-electron chi connectivity index (χ2n) is 7.84. The van der Waals surface area contributed by atoms with E-state index in [0.29, 0.717) is 22.9 Å². The highest BCUT2D eigenvalue weighted by Crippen LogP contribution is 2.35. The van der Waals surface area contributed by atoms with E-state index in [1.165, 1.54) is 6.21 Å². The fourth-order valence-electron chi connectivity index (χ4n) is 3.82. The van der Waals surface area contributed by atoms with Crippen molar-refractivity contribution in [3.8, 4) is 39.8 Å². The summed E-state index contributed by atoms with van der Waals surface area (Å²) in [5, 5.41) is 15.6. The van der Waals surface area contributed by atoms with E-state index in [1.807, 2.05) is 78.9 Å². The van der Waals surface area contributed by atoms with E-state index in [0.717, 1.165) is 22.5 Å². The van der Waals surface area contributed by atoms with Gasteiger partial charge in [-0.25, -0.2) is 15.1 Å². The number of ether oxygens (including phenoxy) is 2. The highest BCUT2D eigenvalue weighted by molar-refractivity contribution is 5.93. The summed E-state index contributed by atoms with van der Waals surface area (Å²) in [6.07, 6.45) is 3.12. The summed E-state index contributed by atoms with van der Waals surface area (Å²) >= 11 is 0. The van der Waals surface area contributed by atoms with Crippen molar-refractivity contribution in [2.75, 3.05) is 6.79 Å². The second kappa shape index (κ2) is 9.18. The number of hydrazone groups is 1. The van der Waals surface area contributed by atoms with Crippen molar-refractivity contribution in [1.29, 1.82) is 0 Å². The number of hydrogen-bond donors (Lipinski definition) is 2. The number of carbonyl (C=O) groups is 1. The van der Waals surface area contributed by atoms with Gasteiger partial charge in [-0.2, -0.15) is 10.2 Å². The third-order valence-corrected chi connectivity index (χ3v) is 5.54. The van der Waals surface area contributed by atoms with E-state index in [4.69, 9.17) is 9.47 Å². The third-order valence-electron chi connectivity index (χ3n) is 5.54. The van der Waals surface area contributed by atoms with E-state index in [-0.39, 0.29) is 12.6 Å². The molecule has 10 nitrogen and oxygen atoms in total. The van der Waals surface area contributed by atoms with Crippen molar-refractivity contribution in [2.45, 2.75) is 0 Å². The molecule has 0 atom stereocenters. The topological polar surface area (TPSA) is 119 Å². The van der Waals surface area contributed by atoms with Gasteiger partial charge in [-0.3, -0.25) is 9.89 Å². The molecule has 0 fully saturated rings. The minimum atomic E-state index is -0.536. The van der Waals surface area contributed by atoms with E-state index in [9.17, 15) is 4.79 Å². The van der Waals surface area contributed by atoms with Crippen molar-refractivity contribution in [3.63, 3.8) is 0 Å². The van der Waals surface area contributed by atoms with Gasteiger partial charge in [-0.05, 0) is 30.3 Å². The van der Waals surface area contributed by atoms with Crippen molar-refractivity contribution < 1.29 is 14.3 Å². The summed E-state index contributed by atoms with van der Waals surface area (Å²) < 4.78 is 12.5. The Morgan fingerprint density at radius 2 is 1.75 bits per heavy atom. The molecule has 0 saturated carbocycles. The number of benzene rings is 3. The Morgan fingerprint density at radius 1 is 0.972 bits per heavy atom. The lowest BCUT2D eigenvalue weighted by Crippen LogP contribution is -2.19. The number of para-hydroxylation sites is 1. The summed E-state index contributed by atoms with van der Waals surface area (Å²) in [5.74, 6) is 1.37. The summed E-state index contributed by atoms with van der Waals surface area (Å²) in [6.45, 7) is 0.197. The van der Waals surface area contributed by atoms with Crippen molar-refractivity contribution in [2.24, 2.45) is 5.10 Å². The Balaban J connectivity index is 1.24. The second-order valence-corrected chi connectivity index (χ2v) is 7.84. The average molecular weight is 477 g/mol. The van der Waals surface area contributed by atoms with Crippen LogP contribution in [0.15, 0.2) is 90.2 Å². The van der Waals surface area contributed by atoms with Gasteiger partial charge in [0.15, 0.2) is 17.3 Å². The Kier molecular flexibility index (Phi) is 5.43. The van der Waals surface area contributed by atoms with Gasteiger partial charge in [0.1, 0.15) is 0 Å². The van der Waals surface area contributed by atoms with E-state index in [2.05, 4.69) is 30.8 Å². The Hall–Kier alpha value is -5.25. The highest BCUT2D eigenvalue weighted by Gasteiger charge is 2.19. The van der Waals surface area contributed by atoms with Crippen LogP contribution in [0.5, 0.6) is 11.5 Å². The molecule has 36 heavy (non-hydrogen) atoms. The maximum absolute atomic E-state index is 12.9. The maximum atomic E-state index is 12.9. The SMILES string of the molecule is O=C(N/N=C/c1cn[nH]c1-c1ccc2c(c1)OCO2)c1nc(-c2ccccc2)n(-c2ccccc2)n1. The van der Waals surface area contributed by atoms with Crippen LogP contribution < -0.4 is 14.9 Å². The van der Waals surface area contributed by atoms with Gasteiger partial charge in [0, 0.05) is 16.7 Å². The molecule has 0 bridgehead atoms. The Bertz CT molecular complexity index is 1500. The number of hydrogen-bond acceptors (Lipinski definition) is 7. The van der Waals surface area contributed by atoms with E-state index in [1.54, 1.807) is 10.9 Å². The van der Waals surface area contributed by atoms with Crippen LogP contribution in [0.1, 0.15) is 16.2 Å². The van der Waals surface area contributed by atoms with Crippen molar-refractivity contribution in [3.05, 3.63) is 96.4 Å². The minimum absolute atomic E-state index is 0.00181. The molecule has 1 aliphatic heterocycles. The number of aromatic amines is 1. The molecule has 1 aliphatic rings. The first-order valence-electron chi connectivity index (χ1n) is 11.1. The van der Waals surface area contributed by atoms with Crippen LogP contribution >= 0.6 is 0 Å². The number of fused-ring (bicyclic) bond motifs is 1. The molecule has 3 aromatic carbocycles. The minimum Gasteiger partial charge on any atom is -0.454 e. The third kappa shape index (κ3) is 4.07. The standard InChI is InChI=1S/C26H19N7O3/c34-26(24-29-25(17-7-3-1-4-8-17)33(32-24)20-9-5-2-6-10-20)31-28-15-19-14-27-30-23(19)18-11-12-21-22(13-18)36-16-35-21/h1-15H,16H2,(H,27,30)(H,31,34)/b28-15+. The lowest BCUT2D eigenvalue weighted by Gasteiger charge is -2.05. The van der Waals surface area contributed by atoms with Gasteiger partial charge >= 0.3 is 5.91 Å². The predicted octanol–water partition coefficient (Wildman–Crippen LogP) is 3.82. The summed E-state index contributed by atoms with van der Waals surface area (Å²) in [4.78, 5) is 17.4. The fraction of sp³-hybridized carbons (Fsp3) is 0.0385. The molecule has 0 aliphatic carbocycles. The molecule has 0 radical (unpaired) electrons. The largest absolute Gasteiger partial charge is 0.454 e. The van der Waals surface area contributed by atoms with Crippen LogP contribution in [0, 0.1) is 0 Å². The molecule has 2 aromatic heterocycles. The van der Waals surface area contributed by atoms with Gasteiger partial charge in [0.25, 0.3) is 0 Å². The monoisotopic (exact) mass is 477 g/mol. The summed E-state index contributed by atoms with van der Waals surface area (Å²) in [6, 6.07) is 24.7. The molecule has 10 heteroatoms. The zero-order valence-corrected chi connectivity index (χ0v) is 18.8. The van der Waals surface area contributed by atoms with Crippen LogP contribution in [-0.2, 0) is 0 Å². The van der Waals surface area contributed by atoms with Crippen LogP contribution in [-0.4, -0.2) is 43.9 Å². The number of amides is 1. The number of nitrogens with zero attached hydrogens (tertiary/aromatic N) is 5. The first-order chi connectivity index (χ1) is 17.8. The molecule has 0 saturated heterocycles. The maximum Gasteiger partial charge on any atom is 0.311 e. The molecule has 3 heterocycles. The smallest absolute Gasteiger partial charge is 0.311 e. The quantitative estimate of drug-likeness (QED) is 0.283. The number of rotatable bonds is 6. The van der Waals surface area contributed by atoms with Gasteiger partial charge < -0.3 is 9.47 Å². The predicted molar refractivity (Wildman–Crippen MR) is 132 cm³/mol. The molecule has 5 aromatic rings. The van der Waals surface area contributed by atoms with Crippen LogP contribution in [0.25, 0.3) is 28.3 Å². The summed E-state index contributed by atoms with van der Waals surface area (Å²) in [5.41, 5.74) is 6.39. The van der Waals surface area contributed by atoms with Gasteiger partial charge in [-0.15, -0.1) is 5.10 Å². The zero-order chi connectivity index (χ0) is 24.3. The lowest BCUT2D eigenvalue weighted by molar-refractivity contribution is 0.0945. The van der Waals surface area contributed by atoms with Gasteiger partial charge in [0.05, 0.1) is 23.8 Å². The summed E-state index contributed by atoms with van der Waals surface area (Å²) in [7, 11) is 0. The first-order valence-corrected chi connectivity index (χ1v) is 11.1. The Labute approximate surface area is 205 Å². The number of carbonyl (C=O) groups excluding carboxylic acids is 1. The van der Waals surface area contributed by atoms with Gasteiger partial charge in [-0.1, -0.05) is 48.5 Å². The number of nitrogens with one attached hydrogen (secondary N) is 2. The molecule has 0 unspecified atom stereocenters. The average Bonchev–Trinajstić information content (AvgIpc) is 3.69. The molecular weight excluding hydrogens is 458 g/mol. The normalized spacial score (nSPS) is 12.2. The number of aromatic nitrogens is 5.